The molecule has 0 unspecified atom stereocenters. The molecule has 0 atom stereocenters. The minimum atomic E-state index is -0.634. The molecule has 2 aromatic rings. The first-order valence-corrected chi connectivity index (χ1v) is 7.09. The molecule has 1 amide bonds. The summed E-state index contributed by atoms with van der Waals surface area (Å²) < 4.78 is 19.7. The van der Waals surface area contributed by atoms with Gasteiger partial charge in [0.25, 0.3) is 5.91 Å². The molecule has 1 aromatic heterocycles. The lowest BCUT2D eigenvalue weighted by atomic mass is 10.1. The first-order valence-electron chi connectivity index (χ1n) is 7.09. The van der Waals surface area contributed by atoms with Crippen LogP contribution in [-0.4, -0.2) is 17.5 Å². The second-order valence-electron chi connectivity index (χ2n) is 4.89. The number of carbonyl (C=O) groups is 1. The van der Waals surface area contributed by atoms with Gasteiger partial charge in [-0.15, -0.1) is 6.58 Å². The normalized spacial score (nSPS) is 10.2. The van der Waals surface area contributed by atoms with E-state index in [1.165, 1.54) is 18.3 Å². The molecule has 2 rings (SSSR count). The number of halogens is 1. The van der Waals surface area contributed by atoms with Gasteiger partial charge in [-0.05, 0) is 37.1 Å². The summed E-state index contributed by atoms with van der Waals surface area (Å²) in [6.07, 6.45) is 3.79. The third-order valence-electron chi connectivity index (χ3n) is 3.21. The Kier molecular flexibility index (Phi) is 5.30. The van der Waals surface area contributed by atoms with Gasteiger partial charge in [0.1, 0.15) is 5.82 Å². The molecule has 5 nitrogen and oxygen atoms in total. The average molecular weight is 315 g/mol. The monoisotopic (exact) mass is 315 g/mol. The zero-order valence-electron chi connectivity index (χ0n) is 12.8. The number of nitrogens with zero attached hydrogens (tertiary/aromatic N) is 1. The molecule has 1 aromatic carbocycles. The van der Waals surface area contributed by atoms with Gasteiger partial charge in [-0.1, -0.05) is 12.1 Å². The number of aryl methyl sites for hydroxylation is 1. The van der Waals surface area contributed by atoms with Crippen LogP contribution in [0.2, 0.25) is 0 Å². The Morgan fingerprint density at radius 2 is 2.26 bits per heavy atom. The maximum absolute atomic E-state index is 14.4. The van der Waals surface area contributed by atoms with Crippen LogP contribution in [0.5, 0.6) is 5.75 Å². The SMILES string of the molecule is C=CCCOc1cccc(NC(=O)c2c(C)ccnc2N)c1F. The molecule has 0 aliphatic rings. The molecule has 23 heavy (non-hydrogen) atoms. The van der Waals surface area contributed by atoms with Crippen molar-refractivity contribution in [2.24, 2.45) is 0 Å². The molecule has 0 fully saturated rings. The number of rotatable bonds is 6. The van der Waals surface area contributed by atoms with Crippen LogP contribution in [0.3, 0.4) is 0 Å². The van der Waals surface area contributed by atoms with Gasteiger partial charge >= 0.3 is 0 Å². The predicted molar refractivity (Wildman–Crippen MR) is 88.0 cm³/mol. The highest BCUT2D eigenvalue weighted by Crippen LogP contribution is 2.26. The third kappa shape index (κ3) is 3.85. The molecular weight excluding hydrogens is 297 g/mol. The van der Waals surface area contributed by atoms with E-state index in [9.17, 15) is 9.18 Å². The van der Waals surface area contributed by atoms with E-state index in [0.29, 0.717) is 18.6 Å². The Labute approximate surface area is 134 Å². The van der Waals surface area contributed by atoms with Crippen LogP contribution in [-0.2, 0) is 0 Å². The summed E-state index contributed by atoms with van der Waals surface area (Å²) in [4.78, 5) is 16.2. The molecular formula is C17H18FN3O2. The number of amides is 1. The van der Waals surface area contributed by atoms with Crippen LogP contribution in [0.25, 0.3) is 0 Å². The number of hydrogen-bond acceptors (Lipinski definition) is 4. The van der Waals surface area contributed by atoms with E-state index in [2.05, 4.69) is 16.9 Å². The van der Waals surface area contributed by atoms with Crippen molar-refractivity contribution in [1.29, 1.82) is 0 Å². The fourth-order valence-electron chi connectivity index (χ4n) is 2.03. The van der Waals surface area contributed by atoms with Crippen LogP contribution in [0.1, 0.15) is 22.3 Å². The van der Waals surface area contributed by atoms with Crippen molar-refractivity contribution in [3.05, 3.63) is 60.1 Å². The zero-order valence-corrected chi connectivity index (χ0v) is 12.8. The lowest BCUT2D eigenvalue weighted by molar-refractivity contribution is 0.102. The van der Waals surface area contributed by atoms with Crippen molar-refractivity contribution >= 4 is 17.4 Å². The maximum atomic E-state index is 14.4. The number of ether oxygens (including phenoxy) is 1. The average Bonchev–Trinajstić information content (AvgIpc) is 2.51. The molecule has 3 N–H and O–H groups in total. The Morgan fingerprint density at radius 1 is 1.48 bits per heavy atom. The van der Waals surface area contributed by atoms with E-state index >= 15 is 0 Å². The molecule has 0 spiro atoms. The van der Waals surface area contributed by atoms with Crippen molar-refractivity contribution in [2.75, 3.05) is 17.7 Å². The molecule has 0 radical (unpaired) electrons. The van der Waals surface area contributed by atoms with Crippen LogP contribution in [0.15, 0.2) is 43.1 Å². The van der Waals surface area contributed by atoms with E-state index in [-0.39, 0.29) is 22.8 Å². The van der Waals surface area contributed by atoms with E-state index in [1.807, 2.05) is 0 Å². The number of benzene rings is 1. The molecule has 0 aliphatic carbocycles. The number of nitrogen functional groups attached to an aromatic ring is 1. The Hall–Kier alpha value is -2.89. The van der Waals surface area contributed by atoms with Crippen molar-refractivity contribution in [1.82, 2.24) is 4.98 Å². The Bertz CT molecular complexity index is 712. The minimum Gasteiger partial charge on any atom is -0.490 e. The van der Waals surface area contributed by atoms with Crippen molar-refractivity contribution < 1.29 is 13.9 Å². The van der Waals surface area contributed by atoms with Crippen molar-refractivity contribution in [3.63, 3.8) is 0 Å². The quantitative estimate of drug-likeness (QED) is 0.633. The van der Waals surface area contributed by atoms with E-state index < -0.39 is 11.7 Å². The Balaban J connectivity index is 2.21. The van der Waals surface area contributed by atoms with Gasteiger partial charge in [0.15, 0.2) is 11.6 Å². The number of nitrogens with two attached hydrogens (primary N) is 1. The number of anilines is 2. The fraction of sp³-hybridized carbons (Fsp3) is 0.176. The summed E-state index contributed by atoms with van der Waals surface area (Å²) in [6, 6.07) is 6.21. The van der Waals surface area contributed by atoms with Gasteiger partial charge in [0.05, 0.1) is 17.9 Å². The maximum Gasteiger partial charge on any atom is 0.259 e. The lowest BCUT2D eigenvalue weighted by Crippen LogP contribution is -2.17. The largest absolute Gasteiger partial charge is 0.490 e. The number of aromatic nitrogens is 1. The van der Waals surface area contributed by atoms with Crippen molar-refractivity contribution in [3.8, 4) is 5.75 Å². The number of carbonyl (C=O) groups excluding carboxylic acids is 1. The summed E-state index contributed by atoms with van der Waals surface area (Å²) in [6.45, 7) is 5.62. The minimum absolute atomic E-state index is 0.0220. The summed E-state index contributed by atoms with van der Waals surface area (Å²) in [5.41, 5.74) is 6.63. The number of pyridine rings is 1. The second kappa shape index (κ2) is 7.40. The number of nitrogens with one attached hydrogen (secondary N) is 1. The van der Waals surface area contributed by atoms with Gasteiger partial charge in [-0.2, -0.15) is 0 Å². The summed E-state index contributed by atoms with van der Waals surface area (Å²) in [5, 5.41) is 2.50. The molecule has 0 bridgehead atoms. The van der Waals surface area contributed by atoms with Gasteiger partial charge in [0.2, 0.25) is 0 Å². The van der Waals surface area contributed by atoms with Gasteiger partial charge in [-0.3, -0.25) is 4.79 Å². The standard InChI is InChI=1S/C17H18FN3O2/c1-3-4-10-23-13-7-5-6-12(15(13)18)21-17(22)14-11(2)8-9-20-16(14)19/h3,5-9H,1,4,10H2,2H3,(H2,19,20)(H,21,22). The van der Waals surface area contributed by atoms with Crippen LogP contribution >= 0.6 is 0 Å². The smallest absolute Gasteiger partial charge is 0.259 e. The molecule has 120 valence electrons. The molecule has 6 heteroatoms. The summed E-state index contributed by atoms with van der Waals surface area (Å²) in [7, 11) is 0. The third-order valence-corrected chi connectivity index (χ3v) is 3.21. The predicted octanol–water partition coefficient (Wildman–Crippen LogP) is 3.32. The van der Waals surface area contributed by atoms with Crippen LogP contribution < -0.4 is 15.8 Å². The van der Waals surface area contributed by atoms with Gasteiger partial charge in [0, 0.05) is 6.20 Å². The van der Waals surface area contributed by atoms with Gasteiger partial charge in [-0.25, -0.2) is 9.37 Å². The van der Waals surface area contributed by atoms with E-state index in [4.69, 9.17) is 10.5 Å². The highest BCUT2D eigenvalue weighted by Gasteiger charge is 2.17. The fourth-order valence-corrected chi connectivity index (χ4v) is 2.03. The van der Waals surface area contributed by atoms with E-state index in [0.717, 1.165) is 0 Å². The molecule has 1 heterocycles. The first kappa shape index (κ1) is 16.5. The first-order chi connectivity index (χ1) is 11.0. The summed E-state index contributed by atoms with van der Waals surface area (Å²) in [5.74, 6) is -0.984. The lowest BCUT2D eigenvalue weighted by Gasteiger charge is -2.12. The Morgan fingerprint density at radius 3 is 2.96 bits per heavy atom. The molecule has 0 aliphatic heterocycles. The van der Waals surface area contributed by atoms with Gasteiger partial charge < -0.3 is 15.8 Å². The number of hydrogen-bond donors (Lipinski definition) is 2. The van der Waals surface area contributed by atoms with Crippen molar-refractivity contribution in [2.45, 2.75) is 13.3 Å². The highest BCUT2D eigenvalue weighted by molar-refractivity contribution is 6.08. The summed E-state index contributed by atoms with van der Waals surface area (Å²) >= 11 is 0. The molecule has 0 saturated carbocycles. The highest BCUT2D eigenvalue weighted by atomic mass is 19.1. The second-order valence-corrected chi connectivity index (χ2v) is 4.89. The van der Waals surface area contributed by atoms with Crippen LogP contribution in [0.4, 0.5) is 15.9 Å². The zero-order chi connectivity index (χ0) is 16.8. The van der Waals surface area contributed by atoms with Crippen LogP contribution in [0, 0.1) is 12.7 Å². The van der Waals surface area contributed by atoms with E-state index in [1.54, 1.807) is 25.1 Å². The molecule has 0 saturated heterocycles. The topological polar surface area (TPSA) is 77.2 Å².